The molecular formula is C26H32N4O5. The van der Waals surface area contributed by atoms with Gasteiger partial charge in [0.05, 0.1) is 23.6 Å². The van der Waals surface area contributed by atoms with Crippen molar-refractivity contribution in [2.24, 2.45) is 0 Å². The molecule has 35 heavy (non-hydrogen) atoms. The van der Waals surface area contributed by atoms with Crippen molar-refractivity contribution in [3.63, 3.8) is 0 Å². The minimum absolute atomic E-state index is 0.246. The van der Waals surface area contributed by atoms with Gasteiger partial charge in [-0.3, -0.25) is 9.69 Å². The molecule has 2 aliphatic heterocycles. The van der Waals surface area contributed by atoms with Crippen LogP contribution >= 0.6 is 0 Å². The zero-order valence-electron chi connectivity index (χ0n) is 20.7. The molecular weight excluding hydrogens is 448 g/mol. The predicted octanol–water partition coefficient (Wildman–Crippen LogP) is 1.12. The summed E-state index contributed by atoms with van der Waals surface area (Å²) in [5.41, 5.74) is 0.801. The molecule has 9 nitrogen and oxygen atoms in total. The number of aliphatic hydroxyl groups is 2. The Morgan fingerprint density at radius 3 is 2.74 bits per heavy atom. The monoisotopic (exact) mass is 480 g/mol. The normalized spacial score (nSPS) is 20.4. The summed E-state index contributed by atoms with van der Waals surface area (Å²) >= 11 is 0. The molecule has 9 heteroatoms. The van der Waals surface area contributed by atoms with Crippen LogP contribution in [-0.2, 0) is 22.5 Å². The Morgan fingerprint density at radius 2 is 2.09 bits per heavy atom. The number of nitrogens with zero attached hydrogens (tertiary/aromatic N) is 4. The van der Waals surface area contributed by atoms with Gasteiger partial charge in [-0.15, -0.1) is 0 Å². The minimum atomic E-state index is -1.67. The number of likely N-dealkylation sites (N-methyl/N-ethyl adjacent to an activating group) is 1. The first-order valence-corrected chi connectivity index (χ1v) is 11.8. The van der Waals surface area contributed by atoms with Crippen LogP contribution < -0.4 is 0 Å². The van der Waals surface area contributed by atoms with Crippen LogP contribution in [0.1, 0.15) is 54.5 Å². The number of benzene rings is 1. The lowest BCUT2D eigenvalue weighted by molar-refractivity contribution is -0.137. The maximum Gasteiger partial charge on any atom is 0.359 e. The molecule has 0 aliphatic carbocycles. The number of likely N-dealkylation sites (tertiary alicyclic amines) is 1. The fourth-order valence-corrected chi connectivity index (χ4v) is 4.59. The van der Waals surface area contributed by atoms with Crippen molar-refractivity contribution in [1.82, 2.24) is 19.6 Å². The van der Waals surface area contributed by atoms with Crippen molar-refractivity contribution >= 4 is 11.9 Å². The maximum absolute atomic E-state index is 12.7. The lowest BCUT2D eigenvalue weighted by Crippen LogP contribution is -2.41. The Labute approximate surface area is 205 Å². The van der Waals surface area contributed by atoms with Gasteiger partial charge < -0.3 is 19.8 Å². The maximum atomic E-state index is 12.7. The fourth-order valence-electron chi connectivity index (χ4n) is 4.59. The summed E-state index contributed by atoms with van der Waals surface area (Å²) < 4.78 is 7.01. The van der Waals surface area contributed by atoms with Crippen molar-refractivity contribution in [3.8, 4) is 17.5 Å². The third-order valence-electron chi connectivity index (χ3n) is 6.23. The quantitative estimate of drug-likeness (QED) is 0.488. The van der Waals surface area contributed by atoms with Crippen LogP contribution in [0.25, 0.3) is 5.69 Å². The Balaban J connectivity index is 1.69. The molecule has 1 saturated heterocycles. The summed E-state index contributed by atoms with van der Waals surface area (Å²) in [4.78, 5) is 28.5. The number of aromatic nitrogens is 2. The molecule has 1 aromatic carbocycles. The van der Waals surface area contributed by atoms with E-state index in [0.29, 0.717) is 38.2 Å². The van der Waals surface area contributed by atoms with Gasteiger partial charge in [0.1, 0.15) is 0 Å². The number of ether oxygens (including phenoxy) is 1. The van der Waals surface area contributed by atoms with Crippen molar-refractivity contribution in [2.45, 2.75) is 51.4 Å². The highest BCUT2D eigenvalue weighted by molar-refractivity contribution is 5.90. The number of esters is 1. The van der Waals surface area contributed by atoms with Gasteiger partial charge >= 0.3 is 5.97 Å². The molecule has 3 heterocycles. The molecule has 186 valence electrons. The van der Waals surface area contributed by atoms with Crippen LogP contribution in [0, 0.1) is 11.8 Å². The predicted molar refractivity (Wildman–Crippen MR) is 129 cm³/mol. The highest BCUT2D eigenvalue weighted by Gasteiger charge is 2.42. The number of carbonyl (C=O) groups excluding carboxylic acids is 2. The van der Waals surface area contributed by atoms with Gasteiger partial charge in [-0.1, -0.05) is 17.9 Å². The van der Waals surface area contributed by atoms with E-state index in [9.17, 15) is 19.8 Å². The lowest BCUT2D eigenvalue weighted by Gasteiger charge is -2.32. The first-order chi connectivity index (χ1) is 16.5. The van der Waals surface area contributed by atoms with Crippen LogP contribution in [0.15, 0.2) is 24.3 Å². The van der Waals surface area contributed by atoms with Gasteiger partial charge in [-0.05, 0) is 39.0 Å². The highest BCUT2D eigenvalue weighted by Crippen LogP contribution is 2.27. The Hall–Kier alpha value is -3.19. The summed E-state index contributed by atoms with van der Waals surface area (Å²) in [6.07, 6.45) is 0.917. The van der Waals surface area contributed by atoms with Gasteiger partial charge in [0.25, 0.3) is 5.91 Å². The lowest BCUT2D eigenvalue weighted by atomic mass is 10.0. The first kappa shape index (κ1) is 24.9. The summed E-state index contributed by atoms with van der Waals surface area (Å²) in [7, 11) is 1.65. The van der Waals surface area contributed by atoms with Crippen molar-refractivity contribution in [3.05, 3.63) is 46.8 Å². The number of fused-ring (bicyclic) bond motifs is 1. The van der Waals surface area contributed by atoms with Crippen molar-refractivity contribution in [1.29, 1.82) is 0 Å². The smallest absolute Gasteiger partial charge is 0.359 e. The first-order valence-electron chi connectivity index (χ1n) is 11.8. The van der Waals surface area contributed by atoms with Crippen molar-refractivity contribution in [2.75, 3.05) is 33.3 Å². The van der Waals surface area contributed by atoms with Gasteiger partial charge in [0, 0.05) is 57.2 Å². The number of hydrogen-bond donors (Lipinski definition) is 2. The zero-order chi connectivity index (χ0) is 25.4. The van der Waals surface area contributed by atoms with Crippen LogP contribution in [0.5, 0.6) is 0 Å². The number of β-amino-alcohol motifs (C(OH)–C–C–N with tert-alkyl or cyclic N) is 1. The Bertz CT molecular complexity index is 1200. The van der Waals surface area contributed by atoms with E-state index in [1.807, 2.05) is 18.2 Å². The number of carbonyl (C=O) groups is 2. The number of hydrogen-bond acceptors (Lipinski definition) is 7. The Kier molecular flexibility index (Phi) is 6.73. The Morgan fingerprint density at radius 1 is 1.31 bits per heavy atom. The third-order valence-corrected chi connectivity index (χ3v) is 6.23. The van der Waals surface area contributed by atoms with Gasteiger partial charge in [0.2, 0.25) is 5.60 Å². The average molecular weight is 481 g/mol. The molecule has 4 rings (SSSR count). The van der Waals surface area contributed by atoms with Gasteiger partial charge in [-0.2, -0.15) is 5.10 Å². The van der Waals surface area contributed by atoms with E-state index in [4.69, 9.17) is 4.74 Å². The molecule has 0 saturated carbocycles. The summed E-state index contributed by atoms with van der Waals surface area (Å²) in [6.45, 7) is 7.66. The second-order valence-electron chi connectivity index (χ2n) is 9.82. The minimum Gasteiger partial charge on any atom is -0.461 e. The second kappa shape index (κ2) is 9.46. The summed E-state index contributed by atoms with van der Waals surface area (Å²) in [6, 6.07) is 7.33. The SMILES string of the molecule is CCOC(=O)c1nn(-c2cccc(C#C[C@]3(O)CCN(C)C3=O)c2)c2c1CN(CC(C)(C)O)CC2. The standard InChI is InChI=1S/C26H32N4O5/c1-5-35-23(31)22-20-16-29(17-25(2,3)33)13-10-21(20)30(27-22)19-8-6-7-18(15-19)9-11-26(34)12-14-28(4)24(26)32/h6-8,15,33-34H,5,10,12-14,16-17H2,1-4H3/t26-/m0/s1. The van der Waals surface area contributed by atoms with Crippen molar-refractivity contribution < 1.29 is 24.5 Å². The third kappa shape index (κ3) is 5.25. The van der Waals surface area contributed by atoms with Gasteiger partial charge in [-0.25, -0.2) is 9.48 Å². The fraction of sp³-hybridized carbons (Fsp3) is 0.500. The van der Waals surface area contributed by atoms with E-state index in [0.717, 1.165) is 16.9 Å². The van der Waals surface area contributed by atoms with E-state index in [2.05, 4.69) is 21.8 Å². The van der Waals surface area contributed by atoms with Crippen LogP contribution in [0.3, 0.4) is 0 Å². The second-order valence-corrected chi connectivity index (χ2v) is 9.82. The molecule has 2 aliphatic rings. The van der Waals surface area contributed by atoms with E-state index in [-0.39, 0.29) is 18.7 Å². The molecule has 1 aromatic heterocycles. The molecule has 2 N–H and O–H groups in total. The van der Waals surface area contributed by atoms with Crippen LogP contribution in [0.4, 0.5) is 0 Å². The topological polar surface area (TPSA) is 108 Å². The number of amides is 1. The van der Waals surface area contributed by atoms with Gasteiger partial charge in [0.15, 0.2) is 5.69 Å². The van der Waals surface area contributed by atoms with E-state index >= 15 is 0 Å². The highest BCUT2D eigenvalue weighted by atomic mass is 16.5. The molecule has 1 atom stereocenters. The van der Waals surface area contributed by atoms with Crippen LogP contribution in [-0.4, -0.2) is 86.2 Å². The van der Waals surface area contributed by atoms with Crippen LogP contribution in [0.2, 0.25) is 0 Å². The molecule has 0 unspecified atom stereocenters. The summed E-state index contributed by atoms with van der Waals surface area (Å²) in [5.74, 6) is 4.81. The molecule has 1 fully saturated rings. The molecule has 1 amide bonds. The molecule has 2 aromatic rings. The number of rotatable bonds is 5. The van der Waals surface area contributed by atoms with E-state index < -0.39 is 23.1 Å². The molecule has 0 radical (unpaired) electrons. The molecule has 0 bridgehead atoms. The largest absolute Gasteiger partial charge is 0.461 e. The molecule has 0 spiro atoms. The van der Waals surface area contributed by atoms with E-state index in [1.54, 1.807) is 38.6 Å². The zero-order valence-corrected chi connectivity index (χ0v) is 20.7. The van der Waals surface area contributed by atoms with E-state index in [1.165, 1.54) is 4.90 Å². The average Bonchev–Trinajstić information content (AvgIpc) is 3.30. The summed E-state index contributed by atoms with van der Waals surface area (Å²) in [5, 5.41) is 25.5.